The zero-order chi connectivity index (χ0) is 17.8. The Morgan fingerprint density at radius 1 is 1.28 bits per heavy atom. The minimum atomic E-state index is -0.246. The summed E-state index contributed by atoms with van der Waals surface area (Å²) in [6, 6.07) is 11.2. The lowest BCUT2D eigenvalue weighted by Gasteiger charge is -2.17. The molecule has 0 aliphatic carbocycles. The average molecular weight is 355 g/mol. The van der Waals surface area contributed by atoms with Crippen LogP contribution in [0.3, 0.4) is 0 Å². The molecule has 0 spiro atoms. The monoisotopic (exact) mass is 355 g/mol. The third kappa shape index (κ3) is 4.33. The molecule has 0 saturated carbocycles. The molecule has 0 bridgehead atoms. The van der Waals surface area contributed by atoms with E-state index in [1.807, 2.05) is 42.6 Å². The van der Waals surface area contributed by atoms with E-state index in [-0.39, 0.29) is 17.6 Å². The van der Waals surface area contributed by atoms with Crippen LogP contribution >= 0.6 is 11.3 Å². The number of hydrogen-bond acceptors (Lipinski definition) is 5. The number of benzene rings is 1. The van der Waals surface area contributed by atoms with Gasteiger partial charge in [-0.25, -0.2) is 4.98 Å². The lowest BCUT2D eigenvalue weighted by Crippen LogP contribution is -2.29. The first-order valence-electron chi connectivity index (χ1n) is 8.28. The minimum Gasteiger partial charge on any atom is -0.355 e. The first-order valence-corrected chi connectivity index (χ1v) is 9.16. The fourth-order valence-corrected chi connectivity index (χ4v) is 3.44. The highest BCUT2D eigenvalue weighted by atomic mass is 32.1. The van der Waals surface area contributed by atoms with Gasteiger partial charge in [-0.2, -0.15) is 0 Å². The lowest BCUT2D eigenvalue weighted by atomic mass is 10.0. The summed E-state index contributed by atoms with van der Waals surface area (Å²) in [6.45, 7) is 6.21. The summed E-state index contributed by atoms with van der Waals surface area (Å²) in [5, 5.41) is 9.89. The smallest absolute Gasteiger partial charge is 0.274 e. The number of carbonyl (C=O) groups excluding carboxylic acids is 1. The summed E-state index contributed by atoms with van der Waals surface area (Å²) >= 11 is 1.57. The second kappa shape index (κ2) is 7.61. The van der Waals surface area contributed by atoms with Gasteiger partial charge in [0.2, 0.25) is 0 Å². The average Bonchev–Trinajstić information content (AvgIpc) is 3.24. The topological polar surface area (TPSA) is 68.0 Å². The lowest BCUT2D eigenvalue weighted by molar-refractivity contribution is 0.0922. The van der Waals surface area contributed by atoms with Gasteiger partial charge in [0, 0.05) is 22.7 Å². The van der Waals surface area contributed by atoms with Gasteiger partial charge in [-0.05, 0) is 19.3 Å². The second-order valence-corrected chi connectivity index (χ2v) is 7.31. The van der Waals surface area contributed by atoms with E-state index < -0.39 is 0 Å². The summed E-state index contributed by atoms with van der Waals surface area (Å²) in [5.41, 5.74) is 2.14. The fraction of sp³-hybridized carbons (Fsp3) is 0.316. The zero-order valence-corrected chi connectivity index (χ0v) is 15.3. The predicted octanol–water partition coefficient (Wildman–Crippen LogP) is 4.62. The summed E-state index contributed by atoms with van der Waals surface area (Å²) in [4.78, 5) is 17.1. The maximum absolute atomic E-state index is 12.6. The molecule has 0 saturated heterocycles. The number of rotatable bonds is 6. The standard InChI is InChI=1S/C19H21N3O2S/c1-12(2)9-16(19-20-13(3)11-25-19)21-18(23)15-10-17(24-22-15)14-7-5-4-6-8-14/h4-8,10-12,16H,9H2,1-3H3,(H,21,23). The highest BCUT2D eigenvalue weighted by molar-refractivity contribution is 7.09. The first kappa shape index (κ1) is 17.4. The number of carbonyl (C=O) groups is 1. The molecule has 1 N–H and O–H groups in total. The van der Waals surface area contributed by atoms with Crippen molar-refractivity contribution in [2.45, 2.75) is 33.2 Å². The molecule has 1 unspecified atom stereocenters. The number of aryl methyl sites for hydroxylation is 1. The summed E-state index contributed by atoms with van der Waals surface area (Å²) in [5.74, 6) is 0.771. The number of amides is 1. The number of nitrogens with one attached hydrogen (secondary N) is 1. The molecule has 1 atom stereocenters. The molecular weight excluding hydrogens is 334 g/mol. The number of nitrogens with zero attached hydrogens (tertiary/aromatic N) is 2. The Kier molecular flexibility index (Phi) is 5.28. The molecule has 0 radical (unpaired) electrons. The fourth-order valence-electron chi connectivity index (χ4n) is 2.58. The van der Waals surface area contributed by atoms with Gasteiger partial charge < -0.3 is 9.84 Å². The number of hydrogen-bond donors (Lipinski definition) is 1. The van der Waals surface area contributed by atoms with E-state index in [0.29, 0.717) is 11.7 Å². The quantitative estimate of drug-likeness (QED) is 0.700. The van der Waals surface area contributed by atoms with E-state index in [2.05, 4.69) is 29.3 Å². The van der Waals surface area contributed by atoms with Gasteiger partial charge in [0.05, 0.1) is 6.04 Å². The SMILES string of the molecule is Cc1csc(C(CC(C)C)NC(=O)c2cc(-c3ccccc3)on2)n1. The van der Waals surface area contributed by atoms with E-state index in [1.165, 1.54) is 0 Å². The molecule has 1 aromatic carbocycles. The van der Waals surface area contributed by atoms with E-state index >= 15 is 0 Å². The highest BCUT2D eigenvalue weighted by Gasteiger charge is 2.22. The molecule has 25 heavy (non-hydrogen) atoms. The van der Waals surface area contributed by atoms with Crippen LogP contribution in [0.1, 0.15) is 47.5 Å². The van der Waals surface area contributed by atoms with Crippen molar-refractivity contribution in [1.29, 1.82) is 0 Å². The van der Waals surface area contributed by atoms with Crippen LogP contribution < -0.4 is 5.32 Å². The Hall–Kier alpha value is -2.47. The van der Waals surface area contributed by atoms with E-state index in [4.69, 9.17) is 4.52 Å². The Morgan fingerprint density at radius 3 is 2.68 bits per heavy atom. The molecule has 130 valence electrons. The summed E-state index contributed by atoms with van der Waals surface area (Å²) in [6.07, 6.45) is 0.822. The number of aromatic nitrogens is 2. The van der Waals surface area contributed by atoms with Crippen LogP contribution in [0.5, 0.6) is 0 Å². The predicted molar refractivity (Wildman–Crippen MR) is 98.5 cm³/mol. The zero-order valence-electron chi connectivity index (χ0n) is 14.5. The Morgan fingerprint density at radius 2 is 2.04 bits per heavy atom. The number of thiazole rings is 1. The van der Waals surface area contributed by atoms with Crippen molar-refractivity contribution >= 4 is 17.2 Å². The normalized spacial score (nSPS) is 12.3. The van der Waals surface area contributed by atoms with Gasteiger partial charge >= 0.3 is 0 Å². The first-order chi connectivity index (χ1) is 12.0. The van der Waals surface area contributed by atoms with Crippen molar-refractivity contribution in [3.05, 3.63) is 58.2 Å². The summed E-state index contributed by atoms with van der Waals surface area (Å²) < 4.78 is 5.32. The largest absolute Gasteiger partial charge is 0.355 e. The van der Waals surface area contributed by atoms with Crippen LogP contribution in [-0.2, 0) is 0 Å². The van der Waals surface area contributed by atoms with Crippen molar-refractivity contribution in [3.63, 3.8) is 0 Å². The molecule has 2 aromatic heterocycles. The molecule has 3 aromatic rings. The van der Waals surface area contributed by atoms with E-state index in [9.17, 15) is 4.79 Å². The van der Waals surface area contributed by atoms with Crippen LogP contribution in [0.2, 0.25) is 0 Å². The van der Waals surface area contributed by atoms with Crippen LogP contribution in [0, 0.1) is 12.8 Å². The van der Waals surface area contributed by atoms with Crippen LogP contribution in [-0.4, -0.2) is 16.0 Å². The molecule has 5 nitrogen and oxygen atoms in total. The van der Waals surface area contributed by atoms with Crippen LogP contribution in [0.4, 0.5) is 0 Å². The maximum atomic E-state index is 12.6. The van der Waals surface area contributed by atoms with E-state index in [0.717, 1.165) is 22.7 Å². The third-order valence-corrected chi connectivity index (χ3v) is 4.82. The Balaban J connectivity index is 1.76. The molecule has 0 aliphatic rings. The van der Waals surface area contributed by atoms with Crippen molar-refractivity contribution < 1.29 is 9.32 Å². The van der Waals surface area contributed by atoms with Crippen molar-refractivity contribution in [2.75, 3.05) is 0 Å². The van der Waals surface area contributed by atoms with Gasteiger partial charge in [0.1, 0.15) is 5.01 Å². The molecule has 1 amide bonds. The van der Waals surface area contributed by atoms with Crippen molar-refractivity contribution in [1.82, 2.24) is 15.5 Å². The highest BCUT2D eigenvalue weighted by Crippen LogP contribution is 2.25. The molecule has 3 rings (SSSR count). The van der Waals surface area contributed by atoms with Gasteiger partial charge in [-0.1, -0.05) is 49.3 Å². The van der Waals surface area contributed by atoms with Gasteiger partial charge in [-0.3, -0.25) is 4.79 Å². The molecule has 0 aliphatic heterocycles. The van der Waals surface area contributed by atoms with E-state index in [1.54, 1.807) is 17.4 Å². The van der Waals surface area contributed by atoms with Gasteiger partial charge in [-0.15, -0.1) is 11.3 Å². The second-order valence-electron chi connectivity index (χ2n) is 6.43. The maximum Gasteiger partial charge on any atom is 0.274 e. The molecule has 2 heterocycles. The van der Waals surface area contributed by atoms with Crippen LogP contribution in [0.15, 0.2) is 46.3 Å². The molecule has 0 fully saturated rings. The Labute approximate surface area is 151 Å². The summed E-state index contributed by atoms with van der Waals surface area (Å²) in [7, 11) is 0. The minimum absolute atomic E-state index is 0.122. The van der Waals surface area contributed by atoms with Crippen molar-refractivity contribution in [3.8, 4) is 11.3 Å². The Bertz CT molecular complexity index is 839. The van der Waals surface area contributed by atoms with Crippen molar-refractivity contribution in [2.24, 2.45) is 5.92 Å². The molecule has 6 heteroatoms. The third-order valence-electron chi connectivity index (χ3n) is 3.75. The van der Waals surface area contributed by atoms with Gasteiger partial charge in [0.25, 0.3) is 5.91 Å². The van der Waals surface area contributed by atoms with Crippen LogP contribution in [0.25, 0.3) is 11.3 Å². The van der Waals surface area contributed by atoms with Gasteiger partial charge in [0.15, 0.2) is 11.5 Å². The molecular formula is C19H21N3O2S.